The SMILES string of the molecule is COc1ccc(NC(=O)NCC(O)c2ccc3c(c2)CCO3)cc1. The third-order valence-corrected chi connectivity index (χ3v) is 3.90. The highest BCUT2D eigenvalue weighted by molar-refractivity contribution is 5.89. The number of carbonyl (C=O) groups is 1. The van der Waals surface area contributed by atoms with E-state index < -0.39 is 6.10 Å². The van der Waals surface area contributed by atoms with E-state index in [0.29, 0.717) is 12.3 Å². The Kier molecular flexibility index (Phi) is 4.86. The van der Waals surface area contributed by atoms with E-state index in [1.807, 2.05) is 18.2 Å². The van der Waals surface area contributed by atoms with Crippen molar-refractivity contribution in [3.05, 3.63) is 53.6 Å². The second-order valence-corrected chi connectivity index (χ2v) is 5.54. The van der Waals surface area contributed by atoms with Crippen LogP contribution >= 0.6 is 0 Å². The molecule has 0 saturated heterocycles. The molecule has 1 heterocycles. The molecule has 0 bridgehead atoms. The molecule has 2 aromatic rings. The number of ether oxygens (including phenoxy) is 2. The summed E-state index contributed by atoms with van der Waals surface area (Å²) < 4.78 is 10.5. The summed E-state index contributed by atoms with van der Waals surface area (Å²) in [6.45, 7) is 0.805. The summed E-state index contributed by atoms with van der Waals surface area (Å²) in [5.41, 5.74) is 2.51. The molecular formula is C18H20N2O4. The normalized spacial score (nSPS) is 13.6. The maximum atomic E-state index is 11.9. The van der Waals surface area contributed by atoms with Crippen molar-refractivity contribution in [2.24, 2.45) is 0 Å². The average Bonchev–Trinajstić information content (AvgIpc) is 3.08. The van der Waals surface area contributed by atoms with Crippen LogP contribution in [-0.2, 0) is 6.42 Å². The summed E-state index contributed by atoms with van der Waals surface area (Å²) in [6.07, 6.45) is 0.0823. The number of carbonyl (C=O) groups excluding carboxylic acids is 1. The van der Waals surface area contributed by atoms with Gasteiger partial charge in [-0.3, -0.25) is 0 Å². The number of aliphatic hydroxyl groups excluding tert-OH is 1. The molecule has 3 N–H and O–H groups in total. The van der Waals surface area contributed by atoms with E-state index in [1.54, 1.807) is 31.4 Å². The van der Waals surface area contributed by atoms with Crippen LogP contribution in [0, 0.1) is 0 Å². The number of urea groups is 1. The van der Waals surface area contributed by atoms with Gasteiger partial charge in [-0.1, -0.05) is 6.07 Å². The maximum Gasteiger partial charge on any atom is 0.319 e. The number of methoxy groups -OCH3 is 1. The van der Waals surface area contributed by atoms with Crippen LogP contribution in [0.5, 0.6) is 11.5 Å². The van der Waals surface area contributed by atoms with Gasteiger partial charge in [-0.15, -0.1) is 0 Å². The van der Waals surface area contributed by atoms with E-state index >= 15 is 0 Å². The Hall–Kier alpha value is -2.73. The monoisotopic (exact) mass is 328 g/mol. The highest BCUT2D eigenvalue weighted by Crippen LogP contribution is 2.28. The molecule has 0 aliphatic carbocycles. The Morgan fingerprint density at radius 2 is 2.08 bits per heavy atom. The molecule has 0 fully saturated rings. The smallest absolute Gasteiger partial charge is 0.319 e. The standard InChI is InChI=1S/C18H20N2O4/c1-23-15-5-3-14(4-6-15)20-18(22)19-11-16(21)12-2-7-17-13(10-12)8-9-24-17/h2-7,10,16,21H,8-9,11H2,1H3,(H2,19,20,22). The molecule has 2 amide bonds. The molecule has 2 aromatic carbocycles. The minimum Gasteiger partial charge on any atom is -0.497 e. The molecule has 0 radical (unpaired) electrons. The number of fused-ring (bicyclic) bond motifs is 1. The summed E-state index contributed by atoms with van der Waals surface area (Å²) in [6, 6.07) is 12.2. The maximum absolute atomic E-state index is 11.9. The topological polar surface area (TPSA) is 79.8 Å². The zero-order chi connectivity index (χ0) is 16.9. The molecule has 0 saturated carbocycles. The number of benzene rings is 2. The molecule has 1 atom stereocenters. The van der Waals surface area contributed by atoms with Crippen LogP contribution < -0.4 is 20.1 Å². The first-order valence-electron chi connectivity index (χ1n) is 7.78. The van der Waals surface area contributed by atoms with Crippen LogP contribution in [0.15, 0.2) is 42.5 Å². The Balaban J connectivity index is 1.51. The van der Waals surface area contributed by atoms with E-state index in [-0.39, 0.29) is 12.6 Å². The summed E-state index contributed by atoms with van der Waals surface area (Å²) in [5.74, 6) is 1.59. The van der Waals surface area contributed by atoms with E-state index in [2.05, 4.69) is 10.6 Å². The first-order chi connectivity index (χ1) is 11.7. The van der Waals surface area contributed by atoms with Crippen LogP contribution in [0.25, 0.3) is 0 Å². The lowest BCUT2D eigenvalue weighted by molar-refractivity contribution is 0.175. The zero-order valence-corrected chi connectivity index (χ0v) is 13.4. The first kappa shape index (κ1) is 16.1. The van der Waals surface area contributed by atoms with E-state index in [0.717, 1.165) is 29.0 Å². The zero-order valence-electron chi connectivity index (χ0n) is 13.4. The number of hydrogen-bond donors (Lipinski definition) is 3. The predicted molar refractivity (Wildman–Crippen MR) is 90.6 cm³/mol. The van der Waals surface area contributed by atoms with Gasteiger partial charge in [0.05, 0.1) is 19.8 Å². The quantitative estimate of drug-likeness (QED) is 0.788. The lowest BCUT2D eigenvalue weighted by atomic mass is 10.0. The molecule has 1 aliphatic rings. The number of anilines is 1. The number of aliphatic hydroxyl groups is 1. The number of amides is 2. The molecule has 126 valence electrons. The van der Waals surface area contributed by atoms with Crippen molar-refractivity contribution in [1.29, 1.82) is 0 Å². The van der Waals surface area contributed by atoms with Gasteiger partial charge in [-0.25, -0.2) is 4.79 Å². The highest BCUT2D eigenvalue weighted by Gasteiger charge is 2.16. The van der Waals surface area contributed by atoms with Crippen molar-refractivity contribution in [1.82, 2.24) is 5.32 Å². The van der Waals surface area contributed by atoms with Crippen molar-refractivity contribution < 1.29 is 19.4 Å². The number of nitrogens with one attached hydrogen (secondary N) is 2. The van der Waals surface area contributed by atoms with Gasteiger partial charge >= 0.3 is 6.03 Å². The van der Waals surface area contributed by atoms with Crippen LogP contribution in [0.2, 0.25) is 0 Å². The van der Waals surface area contributed by atoms with E-state index in [9.17, 15) is 9.90 Å². The van der Waals surface area contributed by atoms with Crippen molar-refractivity contribution >= 4 is 11.7 Å². The molecule has 6 nitrogen and oxygen atoms in total. The van der Waals surface area contributed by atoms with Crippen LogP contribution in [-0.4, -0.2) is 31.4 Å². The van der Waals surface area contributed by atoms with Crippen molar-refractivity contribution in [2.75, 3.05) is 25.6 Å². The molecule has 1 unspecified atom stereocenters. The third kappa shape index (κ3) is 3.78. The summed E-state index contributed by atoms with van der Waals surface area (Å²) in [4.78, 5) is 11.9. The number of rotatable bonds is 5. The van der Waals surface area contributed by atoms with Gasteiger partial charge in [-0.2, -0.15) is 0 Å². The van der Waals surface area contributed by atoms with Crippen LogP contribution in [0.1, 0.15) is 17.2 Å². The van der Waals surface area contributed by atoms with Crippen LogP contribution in [0.3, 0.4) is 0 Å². The van der Waals surface area contributed by atoms with Gasteiger partial charge in [0.2, 0.25) is 0 Å². The average molecular weight is 328 g/mol. The van der Waals surface area contributed by atoms with Crippen LogP contribution in [0.4, 0.5) is 10.5 Å². The Labute approximate surface area is 140 Å². The molecule has 0 spiro atoms. The minimum atomic E-state index is -0.766. The van der Waals surface area contributed by atoms with E-state index in [1.165, 1.54) is 0 Å². The number of hydrogen-bond acceptors (Lipinski definition) is 4. The summed E-state index contributed by atoms with van der Waals surface area (Å²) >= 11 is 0. The molecule has 6 heteroatoms. The van der Waals surface area contributed by atoms with Crippen molar-refractivity contribution in [2.45, 2.75) is 12.5 Å². The fourth-order valence-electron chi connectivity index (χ4n) is 2.57. The molecule has 1 aliphatic heterocycles. The lowest BCUT2D eigenvalue weighted by Crippen LogP contribution is -2.32. The molecule has 3 rings (SSSR count). The molecule has 0 aromatic heterocycles. The Morgan fingerprint density at radius 1 is 1.29 bits per heavy atom. The second-order valence-electron chi connectivity index (χ2n) is 5.54. The van der Waals surface area contributed by atoms with Gasteiger partial charge in [0.1, 0.15) is 11.5 Å². The molecule has 24 heavy (non-hydrogen) atoms. The Morgan fingerprint density at radius 3 is 2.83 bits per heavy atom. The van der Waals surface area contributed by atoms with Gasteiger partial charge in [0, 0.05) is 18.7 Å². The highest BCUT2D eigenvalue weighted by atomic mass is 16.5. The molecular weight excluding hydrogens is 308 g/mol. The van der Waals surface area contributed by atoms with Gasteiger partial charge < -0.3 is 25.2 Å². The Bertz CT molecular complexity index is 715. The fraction of sp³-hybridized carbons (Fsp3) is 0.278. The fourth-order valence-corrected chi connectivity index (χ4v) is 2.57. The summed E-state index contributed by atoms with van der Waals surface area (Å²) in [7, 11) is 1.58. The van der Waals surface area contributed by atoms with Crippen molar-refractivity contribution in [3.63, 3.8) is 0 Å². The lowest BCUT2D eigenvalue weighted by Gasteiger charge is -2.14. The summed E-state index contributed by atoms with van der Waals surface area (Å²) in [5, 5.41) is 15.6. The largest absolute Gasteiger partial charge is 0.497 e. The minimum absolute atomic E-state index is 0.127. The third-order valence-electron chi connectivity index (χ3n) is 3.90. The first-order valence-corrected chi connectivity index (χ1v) is 7.78. The van der Waals surface area contributed by atoms with Gasteiger partial charge in [0.15, 0.2) is 0 Å². The van der Waals surface area contributed by atoms with E-state index in [4.69, 9.17) is 9.47 Å². The van der Waals surface area contributed by atoms with Gasteiger partial charge in [0.25, 0.3) is 0 Å². The second kappa shape index (κ2) is 7.23. The van der Waals surface area contributed by atoms with Crippen molar-refractivity contribution in [3.8, 4) is 11.5 Å². The predicted octanol–water partition coefficient (Wildman–Crippen LogP) is 2.49. The van der Waals surface area contributed by atoms with Gasteiger partial charge in [-0.05, 0) is 47.5 Å².